The average molecular weight is 343 g/mol. The Balaban J connectivity index is 1.96. The van der Waals surface area contributed by atoms with Crippen molar-refractivity contribution < 1.29 is 14.3 Å². The topological polar surface area (TPSA) is 46.6 Å². The van der Waals surface area contributed by atoms with Crippen LogP contribution in [0.1, 0.15) is 38.2 Å². The smallest absolute Gasteiger partial charge is 0.328 e. The number of benzene rings is 1. The van der Waals surface area contributed by atoms with Crippen LogP contribution in [0.3, 0.4) is 0 Å². The van der Waals surface area contributed by atoms with Crippen LogP contribution in [-0.2, 0) is 28.9 Å². The monoisotopic (exact) mass is 343 g/mol. The molecule has 0 fully saturated rings. The third-order valence-corrected chi connectivity index (χ3v) is 5.68. The molecule has 0 aliphatic carbocycles. The molecule has 5 heteroatoms. The highest BCUT2D eigenvalue weighted by Crippen LogP contribution is 2.29. The van der Waals surface area contributed by atoms with Gasteiger partial charge in [0.1, 0.15) is 6.04 Å². The maximum Gasteiger partial charge on any atom is 0.328 e. The number of hydrogen-bond acceptors (Lipinski definition) is 4. The summed E-state index contributed by atoms with van der Waals surface area (Å²) in [4.78, 5) is 28.8. The Morgan fingerprint density at radius 1 is 1.29 bits per heavy atom. The van der Waals surface area contributed by atoms with Crippen molar-refractivity contribution in [1.82, 2.24) is 4.90 Å². The van der Waals surface area contributed by atoms with E-state index >= 15 is 0 Å². The van der Waals surface area contributed by atoms with Crippen LogP contribution in [0.4, 0.5) is 0 Å². The molecule has 1 unspecified atom stereocenters. The third kappa shape index (κ3) is 2.96. The molecule has 1 amide bonds. The lowest BCUT2D eigenvalue weighted by Crippen LogP contribution is -2.49. The van der Waals surface area contributed by atoms with E-state index in [4.69, 9.17) is 4.74 Å². The molecule has 0 bridgehead atoms. The maximum atomic E-state index is 13.1. The van der Waals surface area contributed by atoms with E-state index in [9.17, 15) is 9.59 Å². The minimum absolute atomic E-state index is 0.0901. The molecule has 4 nitrogen and oxygen atoms in total. The summed E-state index contributed by atoms with van der Waals surface area (Å²) in [6.07, 6.45) is 1.40. The standard InChI is InChI=1S/C19H21NO3S/c1-4-13-10-17(24-12(13)2)18(21)20-11-15-8-6-5-7-14(15)9-16(20)19(22)23-3/h5-8,10,16H,4,9,11H2,1-3H3. The van der Waals surface area contributed by atoms with Crippen molar-refractivity contribution in [2.45, 2.75) is 39.3 Å². The molecule has 126 valence electrons. The van der Waals surface area contributed by atoms with E-state index < -0.39 is 6.04 Å². The minimum atomic E-state index is -0.565. The van der Waals surface area contributed by atoms with E-state index in [0.717, 1.165) is 22.4 Å². The van der Waals surface area contributed by atoms with E-state index in [-0.39, 0.29) is 11.9 Å². The summed E-state index contributed by atoms with van der Waals surface area (Å²) < 4.78 is 4.94. The molecular formula is C19H21NO3S. The number of nitrogens with zero attached hydrogens (tertiary/aromatic N) is 1. The Kier molecular flexibility index (Phi) is 4.71. The predicted molar refractivity (Wildman–Crippen MR) is 94.3 cm³/mol. The Labute approximate surface area is 146 Å². The Hall–Kier alpha value is -2.14. The van der Waals surface area contributed by atoms with E-state index in [1.165, 1.54) is 24.0 Å². The summed E-state index contributed by atoms with van der Waals surface area (Å²) in [6.45, 7) is 4.55. The van der Waals surface area contributed by atoms with E-state index in [1.807, 2.05) is 37.3 Å². The fourth-order valence-corrected chi connectivity index (χ4v) is 4.27. The van der Waals surface area contributed by atoms with E-state index in [2.05, 4.69) is 6.92 Å². The van der Waals surface area contributed by atoms with Crippen LogP contribution in [0.25, 0.3) is 0 Å². The number of aryl methyl sites for hydroxylation is 2. The van der Waals surface area contributed by atoms with Gasteiger partial charge in [0.25, 0.3) is 5.91 Å². The third-order valence-electron chi connectivity index (χ3n) is 4.59. The second kappa shape index (κ2) is 6.77. The van der Waals surface area contributed by atoms with Crippen LogP contribution in [0.5, 0.6) is 0 Å². The quantitative estimate of drug-likeness (QED) is 0.803. The van der Waals surface area contributed by atoms with Gasteiger partial charge in [0.15, 0.2) is 0 Å². The molecule has 1 aromatic heterocycles. The first kappa shape index (κ1) is 16.7. The molecule has 2 aromatic rings. The first-order valence-corrected chi connectivity index (χ1v) is 8.91. The Morgan fingerprint density at radius 3 is 2.62 bits per heavy atom. The predicted octanol–water partition coefficient (Wildman–Crippen LogP) is 3.36. The van der Waals surface area contributed by atoms with Gasteiger partial charge in [-0.3, -0.25) is 4.79 Å². The highest BCUT2D eigenvalue weighted by atomic mass is 32.1. The lowest BCUT2D eigenvalue weighted by Gasteiger charge is -2.34. The van der Waals surface area contributed by atoms with E-state index in [0.29, 0.717) is 17.8 Å². The molecule has 1 atom stereocenters. The summed E-state index contributed by atoms with van der Waals surface area (Å²) in [6, 6.07) is 9.34. The molecular weight excluding hydrogens is 322 g/mol. The molecule has 2 heterocycles. The van der Waals surface area contributed by atoms with E-state index in [1.54, 1.807) is 4.90 Å². The highest BCUT2D eigenvalue weighted by molar-refractivity contribution is 7.14. The van der Waals surface area contributed by atoms with Gasteiger partial charge in [0.05, 0.1) is 12.0 Å². The lowest BCUT2D eigenvalue weighted by atomic mass is 9.93. The number of thiophene rings is 1. The van der Waals surface area contributed by atoms with Gasteiger partial charge in [-0.25, -0.2) is 4.79 Å². The van der Waals surface area contributed by atoms with Gasteiger partial charge in [-0.2, -0.15) is 0 Å². The zero-order chi connectivity index (χ0) is 17.3. The number of carbonyl (C=O) groups excluding carboxylic acids is 2. The van der Waals surface area contributed by atoms with Crippen LogP contribution < -0.4 is 0 Å². The zero-order valence-corrected chi connectivity index (χ0v) is 15.0. The van der Waals surface area contributed by atoms with Crippen LogP contribution in [-0.4, -0.2) is 29.9 Å². The number of fused-ring (bicyclic) bond motifs is 1. The number of amides is 1. The molecule has 0 N–H and O–H groups in total. The summed E-state index contributed by atoms with van der Waals surface area (Å²) in [5.41, 5.74) is 3.39. The molecule has 0 spiro atoms. The van der Waals surface area contributed by atoms with Crippen molar-refractivity contribution in [2.75, 3.05) is 7.11 Å². The van der Waals surface area contributed by atoms with Crippen LogP contribution in [0, 0.1) is 6.92 Å². The van der Waals surface area contributed by atoms with Gasteiger partial charge < -0.3 is 9.64 Å². The fraction of sp³-hybridized carbons (Fsp3) is 0.368. The largest absolute Gasteiger partial charge is 0.467 e. The molecule has 0 saturated heterocycles. The number of methoxy groups -OCH3 is 1. The maximum absolute atomic E-state index is 13.1. The van der Waals surface area contributed by atoms with Crippen LogP contribution >= 0.6 is 11.3 Å². The second-order valence-corrected chi connectivity index (χ2v) is 7.25. The lowest BCUT2D eigenvalue weighted by molar-refractivity contribution is -0.146. The van der Waals surface area contributed by atoms with Gasteiger partial charge in [-0.1, -0.05) is 31.2 Å². The second-order valence-electron chi connectivity index (χ2n) is 5.99. The number of ether oxygens (including phenoxy) is 1. The van der Waals surface area contributed by atoms with Gasteiger partial charge >= 0.3 is 5.97 Å². The molecule has 1 aromatic carbocycles. The van der Waals surface area contributed by atoms with Gasteiger partial charge in [-0.15, -0.1) is 11.3 Å². The summed E-state index contributed by atoms with van der Waals surface area (Å²) >= 11 is 1.50. The Morgan fingerprint density at radius 2 is 2.00 bits per heavy atom. The SMILES string of the molecule is CCc1cc(C(=O)N2Cc3ccccc3CC2C(=O)OC)sc1C. The van der Waals surface area contributed by atoms with Crippen molar-refractivity contribution >= 4 is 23.2 Å². The number of esters is 1. The molecule has 3 rings (SSSR count). The van der Waals surface area contributed by atoms with Gasteiger partial charge in [0.2, 0.25) is 0 Å². The minimum Gasteiger partial charge on any atom is -0.467 e. The Bertz CT molecular complexity index is 781. The van der Waals surface area contributed by atoms with Crippen molar-refractivity contribution in [1.29, 1.82) is 0 Å². The zero-order valence-electron chi connectivity index (χ0n) is 14.2. The first-order chi connectivity index (χ1) is 11.5. The number of rotatable bonds is 3. The highest BCUT2D eigenvalue weighted by Gasteiger charge is 2.36. The fourth-order valence-electron chi connectivity index (χ4n) is 3.20. The van der Waals surface area contributed by atoms with Crippen molar-refractivity contribution in [3.8, 4) is 0 Å². The number of carbonyl (C=O) groups is 2. The van der Waals surface area contributed by atoms with Gasteiger partial charge in [0, 0.05) is 17.8 Å². The first-order valence-electron chi connectivity index (χ1n) is 8.10. The molecule has 24 heavy (non-hydrogen) atoms. The van der Waals surface area contributed by atoms with Crippen molar-refractivity contribution in [3.05, 3.63) is 56.8 Å². The molecule has 1 aliphatic rings. The average Bonchev–Trinajstić information content (AvgIpc) is 3.00. The molecule has 0 radical (unpaired) electrons. The van der Waals surface area contributed by atoms with Crippen molar-refractivity contribution in [3.63, 3.8) is 0 Å². The summed E-state index contributed by atoms with van der Waals surface area (Å²) in [5, 5.41) is 0. The normalized spacial score (nSPS) is 16.6. The van der Waals surface area contributed by atoms with Crippen molar-refractivity contribution in [2.24, 2.45) is 0 Å². The van der Waals surface area contributed by atoms with Gasteiger partial charge in [-0.05, 0) is 36.1 Å². The summed E-state index contributed by atoms with van der Waals surface area (Å²) in [7, 11) is 1.37. The molecule has 1 aliphatic heterocycles. The summed E-state index contributed by atoms with van der Waals surface area (Å²) in [5.74, 6) is -0.449. The molecule has 0 saturated carbocycles. The van der Waals surface area contributed by atoms with Crippen LogP contribution in [0.2, 0.25) is 0 Å². The van der Waals surface area contributed by atoms with Crippen LogP contribution in [0.15, 0.2) is 30.3 Å². The number of hydrogen-bond donors (Lipinski definition) is 0.